The molecule has 1 radical (unpaired) electrons. The highest BCUT2D eigenvalue weighted by Gasteiger charge is 1.94. The van der Waals surface area contributed by atoms with Crippen LogP contribution in [-0.2, 0) is 5.11 Å². The lowest BCUT2D eigenvalue weighted by molar-refractivity contribution is 0.152. The second-order valence-electron chi connectivity index (χ2n) is 2.08. The number of hydrogen-bond donors (Lipinski definition) is 0. The first-order chi connectivity index (χ1) is 3.81. The lowest BCUT2D eigenvalue weighted by Gasteiger charge is -1.98. The predicted molar refractivity (Wildman–Crippen MR) is 34.1 cm³/mol. The topological polar surface area (TPSA) is 19.9 Å². The maximum absolute atomic E-state index is 10.1. The van der Waals surface area contributed by atoms with Gasteiger partial charge >= 0.3 is 0 Å². The van der Waals surface area contributed by atoms with Gasteiger partial charge in [-0.2, -0.15) is 0 Å². The van der Waals surface area contributed by atoms with E-state index in [0.29, 0.717) is 5.92 Å². The summed E-state index contributed by atoms with van der Waals surface area (Å²) in [7, 11) is 0. The number of allylic oxidation sites excluding steroid dienone is 2. The van der Waals surface area contributed by atoms with Gasteiger partial charge in [-0.05, 0) is 19.3 Å². The molecule has 8 heavy (non-hydrogen) atoms. The molecule has 0 spiro atoms. The fourth-order valence-corrected chi connectivity index (χ4v) is 0.436. The summed E-state index contributed by atoms with van der Waals surface area (Å²) in [4.78, 5) is 0. The highest BCUT2D eigenvalue weighted by molar-refractivity contribution is 4.78. The molecule has 0 saturated carbocycles. The van der Waals surface area contributed by atoms with Gasteiger partial charge in [-0.1, -0.05) is 19.1 Å². The minimum absolute atomic E-state index is 0.0460. The molecule has 0 amide bonds. The second kappa shape index (κ2) is 4.85. The van der Waals surface area contributed by atoms with Crippen molar-refractivity contribution in [1.29, 1.82) is 0 Å². The molecule has 1 unspecified atom stereocenters. The Balaban J connectivity index is 3.10. The Labute approximate surface area is 51.0 Å². The van der Waals surface area contributed by atoms with Gasteiger partial charge in [0.1, 0.15) is 0 Å². The standard InChI is InChI=1S/C7H13O/c1-3-4-5-7(2)6-8/h3-4,7H,5-6H2,1-2H3. The summed E-state index contributed by atoms with van der Waals surface area (Å²) in [5.41, 5.74) is 0. The van der Waals surface area contributed by atoms with Gasteiger partial charge in [-0.3, -0.25) is 0 Å². The third-order valence-corrected chi connectivity index (χ3v) is 1.06. The van der Waals surface area contributed by atoms with Crippen molar-refractivity contribution in [2.24, 2.45) is 5.92 Å². The SMILES string of the molecule is CC=CCC(C)C[O]. The van der Waals surface area contributed by atoms with Crippen LogP contribution in [0.2, 0.25) is 0 Å². The molecule has 0 aromatic heterocycles. The number of rotatable bonds is 3. The van der Waals surface area contributed by atoms with Crippen molar-refractivity contribution in [3.05, 3.63) is 12.2 Å². The first-order valence-electron chi connectivity index (χ1n) is 3.00. The van der Waals surface area contributed by atoms with E-state index in [1.807, 2.05) is 26.0 Å². The van der Waals surface area contributed by atoms with Gasteiger partial charge in [-0.15, -0.1) is 0 Å². The van der Waals surface area contributed by atoms with E-state index in [4.69, 9.17) is 0 Å². The van der Waals surface area contributed by atoms with Crippen LogP contribution < -0.4 is 0 Å². The van der Waals surface area contributed by atoms with E-state index in [-0.39, 0.29) is 6.61 Å². The van der Waals surface area contributed by atoms with Crippen molar-refractivity contribution >= 4 is 0 Å². The quantitative estimate of drug-likeness (QED) is 0.499. The van der Waals surface area contributed by atoms with Crippen LogP contribution in [0.15, 0.2) is 12.2 Å². The fraction of sp³-hybridized carbons (Fsp3) is 0.714. The zero-order valence-corrected chi connectivity index (χ0v) is 5.55. The second-order valence-corrected chi connectivity index (χ2v) is 2.08. The van der Waals surface area contributed by atoms with Crippen LogP contribution in [0.4, 0.5) is 0 Å². The van der Waals surface area contributed by atoms with Crippen molar-refractivity contribution < 1.29 is 5.11 Å². The van der Waals surface area contributed by atoms with Crippen LogP contribution in [0.3, 0.4) is 0 Å². The molecule has 47 valence electrons. The average molecular weight is 113 g/mol. The molecule has 1 atom stereocenters. The fourth-order valence-electron chi connectivity index (χ4n) is 0.436. The summed E-state index contributed by atoms with van der Waals surface area (Å²) in [6.45, 7) is 3.98. The van der Waals surface area contributed by atoms with Crippen molar-refractivity contribution in [1.82, 2.24) is 0 Å². The summed E-state index contributed by atoms with van der Waals surface area (Å²) < 4.78 is 0. The zero-order chi connectivity index (χ0) is 6.41. The van der Waals surface area contributed by atoms with E-state index < -0.39 is 0 Å². The molecular formula is C7H13O. The molecule has 0 aliphatic heterocycles. The van der Waals surface area contributed by atoms with Crippen LogP contribution in [0.25, 0.3) is 0 Å². The van der Waals surface area contributed by atoms with Gasteiger partial charge in [0, 0.05) is 0 Å². The Morgan fingerprint density at radius 3 is 2.62 bits per heavy atom. The van der Waals surface area contributed by atoms with E-state index in [9.17, 15) is 5.11 Å². The molecule has 0 aromatic rings. The third-order valence-electron chi connectivity index (χ3n) is 1.06. The maximum atomic E-state index is 10.1. The summed E-state index contributed by atoms with van der Waals surface area (Å²) in [6, 6.07) is 0. The Bertz CT molecular complexity index is 66.8. The number of hydrogen-bond acceptors (Lipinski definition) is 0. The van der Waals surface area contributed by atoms with Crippen molar-refractivity contribution in [2.75, 3.05) is 6.61 Å². The Morgan fingerprint density at radius 1 is 1.62 bits per heavy atom. The Hall–Kier alpha value is -0.300. The molecular weight excluding hydrogens is 100 g/mol. The summed E-state index contributed by atoms with van der Waals surface area (Å²) in [6.07, 6.45) is 4.94. The van der Waals surface area contributed by atoms with Crippen LogP contribution in [0.5, 0.6) is 0 Å². The van der Waals surface area contributed by atoms with Gasteiger partial charge in [-0.25, -0.2) is 5.11 Å². The zero-order valence-electron chi connectivity index (χ0n) is 5.55. The van der Waals surface area contributed by atoms with Crippen LogP contribution in [0.1, 0.15) is 20.3 Å². The predicted octanol–water partition coefficient (Wildman–Crippen LogP) is 2.02. The lowest BCUT2D eigenvalue weighted by atomic mass is 10.1. The molecule has 0 saturated heterocycles. The smallest absolute Gasteiger partial charge is 0.0850 e. The largest absolute Gasteiger partial charge is 0.236 e. The summed E-state index contributed by atoms with van der Waals surface area (Å²) >= 11 is 0. The monoisotopic (exact) mass is 113 g/mol. The third kappa shape index (κ3) is 3.88. The normalized spacial score (nSPS) is 14.9. The van der Waals surface area contributed by atoms with Gasteiger partial charge in [0.15, 0.2) is 0 Å². The molecule has 0 rings (SSSR count). The first kappa shape index (κ1) is 7.70. The minimum Gasteiger partial charge on any atom is -0.236 e. The van der Waals surface area contributed by atoms with Crippen LogP contribution in [-0.4, -0.2) is 6.61 Å². The Kier molecular flexibility index (Phi) is 4.67. The van der Waals surface area contributed by atoms with E-state index in [2.05, 4.69) is 0 Å². The lowest BCUT2D eigenvalue weighted by Crippen LogP contribution is -1.95. The molecule has 0 bridgehead atoms. The van der Waals surface area contributed by atoms with Gasteiger partial charge in [0.05, 0.1) is 6.61 Å². The van der Waals surface area contributed by atoms with Crippen molar-refractivity contribution in [3.8, 4) is 0 Å². The van der Waals surface area contributed by atoms with Crippen LogP contribution >= 0.6 is 0 Å². The molecule has 1 heteroatoms. The molecule has 1 nitrogen and oxygen atoms in total. The summed E-state index contributed by atoms with van der Waals surface area (Å²) in [5, 5.41) is 10.1. The molecule has 0 fully saturated rings. The van der Waals surface area contributed by atoms with Crippen LogP contribution in [0, 0.1) is 5.92 Å². The van der Waals surface area contributed by atoms with E-state index in [0.717, 1.165) is 6.42 Å². The molecule has 0 aliphatic rings. The van der Waals surface area contributed by atoms with Gasteiger partial charge < -0.3 is 0 Å². The highest BCUT2D eigenvalue weighted by atomic mass is 16.3. The van der Waals surface area contributed by atoms with Gasteiger partial charge in [0.2, 0.25) is 0 Å². The van der Waals surface area contributed by atoms with E-state index in [1.54, 1.807) is 0 Å². The molecule has 0 N–H and O–H groups in total. The average Bonchev–Trinajstić information content (AvgIpc) is 1.83. The highest BCUT2D eigenvalue weighted by Crippen LogP contribution is 1.99. The maximum Gasteiger partial charge on any atom is 0.0850 e. The van der Waals surface area contributed by atoms with E-state index >= 15 is 0 Å². The minimum atomic E-state index is 0.0460. The Morgan fingerprint density at radius 2 is 2.25 bits per heavy atom. The van der Waals surface area contributed by atoms with Crippen molar-refractivity contribution in [2.45, 2.75) is 20.3 Å². The molecule has 0 aromatic carbocycles. The summed E-state index contributed by atoms with van der Waals surface area (Å²) in [5.74, 6) is 0.311. The van der Waals surface area contributed by atoms with Crippen molar-refractivity contribution in [3.63, 3.8) is 0 Å². The van der Waals surface area contributed by atoms with E-state index in [1.165, 1.54) is 0 Å². The first-order valence-corrected chi connectivity index (χ1v) is 3.00. The molecule has 0 aliphatic carbocycles. The van der Waals surface area contributed by atoms with Gasteiger partial charge in [0.25, 0.3) is 0 Å². The molecule has 0 heterocycles.